The molecule has 13 heavy (non-hydrogen) atoms. The lowest BCUT2D eigenvalue weighted by atomic mass is 9.93. The summed E-state index contributed by atoms with van der Waals surface area (Å²) in [4.78, 5) is 0. The molecule has 1 aromatic carbocycles. The molecular weight excluding hydrogens is 162 g/mol. The molecule has 0 saturated heterocycles. The second kappa shape index (κ2) is 4.10. The number of benzene rings is 1. The molecule has 3 N–H and O–H groups in total. The fourth-order valence-electron chi connectivity index (χ4n) is 1.33. The highest BCUT2D eigenvalue weighted by Gasteiger charge is 2.09. The van der Waals surface area contributed by atoms with Crippen LogP contribution in [0.5, 0.6) is 5.75 Å². The van der Waals surface area contributed by atoms with Crippen molar-refractivity contribution < 1.29 is 5.11 Å². The molecule has 0 bridgehead atoms. The van der Waals surface area contributed by atoms with E-state index in [2.05, 4.69) is 6.58 Å². The number of rotatable bonds is 3. The Morgan fingerprint density at radius 2 is 2.00 bits per heavy atom. The normalized spacial score (nSPS) is 12.5. The van der Waals surface area contributed by atoms with E-state index in [4.69, 9.17) is 10.8 Å². The summed E-state index contributed by atoms with van der Waals surface area (Å²) in [5.41, 5.74) is 7.77. The van der Waals surface area contributed by atoms with Crippen LogP contribution < -0.4 is 5.73 Å². The molecule has 0 aliphatic heterocycles. The average molecular weight is 177 g/mol. The quantitative estimate of drug-likeness (QED) is 0.694. The van der Waals surface area contributed by atoms with E-state index in [0.717, 1.165) is 11.1 Å². The zero-order valence-corrected chi connectivity index (χ0v) is 7.83. The molecule has 2 nitrogen and oxygen atoms in total. The third kappa shape index (κ3) is 2.33. The summed E-state index contributed by atoms with van der Waals surface area (Å²) in [5, 5.41) is 9.10. The van der Waals surface area contributed by atoms with E-state index < -0.39 is 0 Å². The number of hydrogen-bond acceptors (Lipinski definition) is 2. The van der Waals surface area contributed by atoms with E-state index in [1.54, 1.807) is 12.1 Å². The summed E-state index contributed by atoms with van der Waals surface area (Å²) >= 11 is 0. The number of hydrogen-bond donors (Lipinski definition) is 2. The van der Waals surface area contributed by atoms with E-state index in [1.807, 2.05) is 19.1 Å². The van der Waals surface area contributed by atoms with Crippen molar-refractivity contribution in [3.63, 3.8) is 0 Å². The molecule has 0 spiro atoms. The highest BCUT2D eigenvalue weighted by atomic mass is 16.3. The Balaban J connectivity index is 2.92. The molecule has 1 aromatic rings. The van der Waals surface area contributed by atoms with Gasteiger partial charge in [0.05, 0.1) is 0 Å². The molecule has 0 amide bonds. The van der Waals surface area contributed by atoms with Gasteiger partial charge in [-0.1, -0.05) is 24.3 Å². The molecule has 1 unspecified atom stereocenters. The lowest BCUT2D eigenvalue weighted by molar-refractivity contribution is 0.475. The Morgan fingerprint density at radius 3 is 2.38 bits per heavy atom. The lowest BCUT2D eigenvalue weighted by Gasteiger charge is -2.14. The predicted molar refractivity (Wildman–Crippen MR) is 54.7 cm³/mol. The minimum Gasteiger partial charge on any atom is -0.508 e. The van der Waals surface area contributed by atoms with Crippen molar-refractivity contribution in [2.45, 2.75) is 12.8 Å². The second-order valence-electron chi connectivity index (χ2n) is 3.23. The summed E-state index contributed by atoms with van der Waals surface area (Å²) in [5.74, 6) is 0.474. The summed E-state index contributed by atoms with van der Waals surface area (Å²) in [7, 11) is 0. The van der Waals surface area contributed by atoms with Crippen molar-refractivity contribution in [1.29, 1.82) is 0 Å². The Morgan fingerprint density at radius 1 is 1.46 bits per heavy atom. The van der Waals surface area contributed by atoms with Gasteiger partial charge in [0.15, 0.2) is 0 Å². The molecule has 0 aromatic heterocycles. The summed E-state index contributed by atoms with van der Waals surface area (Å²) in [6.45, 7) is 6.40. The Kier molecular flexibility index (Phi) is 3.09. The monoisotopic (exact) mass is 177 g/mol. The smallest absolute Gasteiger partial charge is 0.115 e. The van der Waals surface area contributed by atoms with Crippen LogP contribution in [0.15, 0.2) is 36.4 Å². The minimum absolute atomic E-state index is 0.195. The van der Waals surface area contributed by atoms with Gasteiger partial charge in [0.1, 0.15) is 5.75 Å². The first kappa shape index (κ1) is 9.81. The average Bonchev–Trinajstić information content (AvgIpc) is 2.09. The van der Waals surface area contributed by atoms with Crippen molar-refractivity contribution >= 4 is 0 Å². The molecule has 2 heteroatoms. The van der Waals surface area contributed by atoms with Crippen LogP contribution in [0.2, 0.25) is 0 Å². The molecule has 1 rings (SSSR count). The maximum Gasteiger partial charge on any atom is 0.115 e. The molecule has 1 atom stereocenters. The van der Waals surface area contributed by atoms with Crippen LogP contribution in [0, 0.1) is 0 Å². The molecule has 0 heterocycles. The molecule has 0 aliphatic rings. The van der Waals surface area contributed by atoms with Gasteiger partial charge in [-0.25, -0.2) is 0 Å². The molecule has 0 fully saturated rings. The third-order valence-corrected chi connectivity index (χ3v) is 2.13. The highest BCUT2D eigenvalue weighted by molar-refractivity contribution is 5.32. The van der Waals surface area contributed by atoms with Crippen molar-refractivity contribution in [2.75, 3.05) is 6.54 Å². The minimum atomic E-state index is 0.195. The van der Waals surface area contributed by atoms with Crippen molar-refractivity contribution in [3.05, 3.63) is 42.0 Å². The van der Waals surface area contributed by atoms with Crippen LogP contribution in [0.3, 0.4) is 0 Å². The maximum absolute atomic E-state index is 9.10. The van der Waals surface area contributed by atoms with Crippen LogP contribution >= 0.6 is 0 Å². The fourth-order valence-corrected chi connectivity index (χ4v) is 1.33. The number of phenolic OH excluding ortho intramolecular Hbond substituents is 1. The number of phenols is 1. The highest BCUT2D eigenvalue weighted by Crippen LogP contribution is 2.23. The fraction of sp³-hybridized carbons (Fsp3) is 0.273. The second-order valence-corrected chi connectivity index (χ2v) is 3.23. The molecule has 70 valence electrons. The summed E-state index contributed by atoms with van der Waals surface area (Å²) in [6, 6.07) is 7.09. The van der Waals surface area contributed by atoms with Crippen molar-refractivity contribution in [1.82, 2.24) is 0 Å². The molecule has 0 aliphatic carbocycles. The van der Waals surface area contributed by atoms with Gasteiger partial charge in [0, 0.05) is 12.5 Å². The van der Waals surface area contributed by atoms with Gasteiger partial charge in [-0.05, 0) is 24.6 Å². The van der Waals surface area contributed by atoms with Gasteiger partial charge in [-0.3, -0.25) is 0 Å². The van der Waals surface area contributed by atoms with Crippen molar-refractivity contribution in [3.8, 4) is 5.75 Å². The Bertz CT molecular complexity index is 289. The van der Waals surface area contributed by atoms with Crippen LogP contribution in [0.1, 0.15) is 18.4 Å². The van der Waals surface area contributed by atoms with Crippen molar-refractivity contribution in [2.24, 2.45) is 5.73 Å². The SMILES string of the molecule is C=C(C)C(CN)c1ccc(O)cc1. The topological polar surface area (TPSA) is 46.2 Å². The maximum atomic E-state index is 9.10. The van der Waals surface area contributed by atoms with Gasteiger partial charge in [-0.15, -0.1) is 0 Å². The lowest BCUT2D eigenvalue weighted by Crippen LogP contribution is -2.12. The molecule has 0 radical (unpaired) electrons. The van der Waals surface area contributed by atoms with Crippen LogP contribution in [0.4, 0.5) is 0 Å². The van der Waals surface area contributed by atoms with E-state index in [-0.39, 0.29) is 11.7 Å². The summed E-state index contributed by atoms with van der Waals surface area (Å²) in [6.07, 6.45) is 0. The standard InChI is InChI=1S/C11H15NO/c1-8(2)11(7-12)9-3-5-10(13)6-4-9/h3-6,11,13H,1,7,12H2,2H3. The van der Waals surface area contributed by atoms with Crippen LogP contribution in [0.25, 0.3) is 0 Å². The van der Waals surface area contributed by atoms with Gasteiger partial charge in [0.2, 0.25) is 0 Å². The third-order valence-electron chi connectivity index (χ3n) is 2.13. The van der Waals surface area contributed by atoms with Gasteiger partial charge in [0.25, 0.3) is 0 Å². The number of nitrogens with two attached hydrogens (primary N) is 1. The van der Waals surface area contributed by atoms with E-state index in [0.29, 0.717) is 6.54 Å². The first-order valence-corrected chi connectivity index (χ1v) is 4.29. The first-order valence-electron chi connectivity index (χ1n) is 4.29. The first-order chi connectivity index (χ1) is 6.15. The van der Waals surface area contributed by atoms with Gasteiger partial charge >= 0.3 is 0 Å². The zero-order valence-electron chi connectivity index (χ0n) is 7.83. The molecular formula is C11H15NO. The van der Waals surface area contributed by atoms with Crippen LogP contribution in [-0.2, 0) is 0 Å². The number of aromatic hydroxyl groups is 1. The van der Waals surface area contributed by atoms with E-state index in [1.165, 1.54) is 0 Å². The molecule has 0 saturated carbocycles. The Hall–Kier alpha value is -1.28. The van der Waals surface area contributed by atoms with E-state index >= 15 is 0 Å². The largest absolute Gasteiger partial charge is 0.508 e. The summed E-state index contributed by atoms with van der Waals surface area (Å²) < 4.78 is 0. The predicted octanol–water partition coefficient (Wildman–Crippen LogP) is 2.01. The Labute approximate surface area is 78.7 Å². The zero-order chi connectivity index (χ0) is 9.84. The van der Waals surface area contributed by atoms with E-state index in [9.17, 15) is 0 Å². The van der Waals surface area contributed by atoms with Gasteiger partial charge < -0.3 is 10.8 Å². The van der Waals surface area contributed by atoms with Gasteiger partial charge in [-0.2, -0.15) is 0 Å². The van der Waals surface area contributed by atoms with Crippen LogP contribution in [-0.4, -0.2) is 11.7 Å².